The van der Waals surface area contributed by atoms with Crippen LogP contribution in [0.5, 0.6) is 0 Å². The summed E-state index contributed by atoms with van der Waals surface area (Å²) in [6.07, 6.45) is -0.0651. The molecule has 0 aliphatic carbocycles. The van der Waals surface area contributed by atoms with E-state index in [2.05, 4.69) is 26.0 Å². The molecule has 19 heavy (non-hydrogen) atoms. The minimum absolute atomic E-state index is 0.0210. The zero-order chi connectivity index (χ0) is 14.0. The summed E-state index contributed by atoms with van der Waals surface area (Å²) in [5.74, 6) is 0.164. The summed E-state index contributed by atoms with van der Waals surface area (Å²) in [4.78, 5) is 23.5. The first-order valence-electron chi connectivity index (χ1n) is 6.56. The molecule has 0 aromatic heterocycles. The molecule has 0 radical (unpaired) electrons. The fourth-order valence-electron chi connectivity index (χ4n) is 2.62. The van der Waals surface area contributed by atoms with E-state index in [1.807, 2.05) is 12.1 Å². The first-order valence-corrected chi connectivity index (χ1v) is 6.56. The quantitative estimate of drug-likeness (QED) is 0.851. The van der Waals surface area contributed by atoms with Crippen LogP contribution in [0.25, 0.3) is 0 Å². The number of carbonyl (C=O) groups excluding carboxylic acids is 1. The lowest BCUT2D eigenvalue weighted by Gasteiger charge is -2.16. The van der Waals surface area contributed by atoms with Gasteiger partial charge in [0, 0.05) is 24.9 Å². The van der Waals surface area contributed by atoms with Crippen molar-refractivity contribution >= 4 is 12.4 Å². The minimum Gasteiger partial charge on any atom is -0.465 e. The molecule has 0 spiro atoms. The molecule has 1 heterocycles. The van der Waals surface area contributed by atoms with E-state index in [-0.39, 0.29) is 11.8 Å². The second-order valence-corrected chi connectivity index (χ2v) is 5.42. The van der Waals surface area contributed by atoms with E-state index in [1.165, 1.54) is 10.5 Å². The van der Waals surface area contributed by atoms with E-state index in [4.69, 9.17) is 5.11 Å². The lowest BCUT2D eigenvalue weighted by Crippen LogP contribution is -2.27. The Kier molecular flexibility index (Phi) is 3.88. The first kappa shape index (κ1) is 13.6. The predicted octanol–water partition coefficient (Wildman–Crippen LogP) is 2.70. The highest BCUT2D eigenvalue weighted by atomic mass is 16.4. The molecule has 4 nitrogen and oxygen atoms in total. The predicted molar refractivity (Wildman–Crippen MR) is 72.4 cm³/mol. The van der Waals surface area contributed by atoms with Crippen molar-refractivity contribution in [2.75, 3.05) is 13.1 Å². The number of carboxylic acid groups (broad SMARTS) is 1. The SMILES string of the molecule is CC(C)c1cccc([C@@H]2CN(C(=O)O)C[C@@H]2C=O)c1. The summed E-state index contributed by atoms with van der Waals surface area (Å²) >= 11 is 0. The number of hydrogen-bond acceptors (Lipinski definition) is 2. The molecule has 1 saturated heterocycles. The van der Waals surface area contributed by atoms with Crippen LogP contribution in [0, 0.1) is 5.92 Å². The van der Waals surface area contributed by atoms with Gasteiger partial charge in [0.2, 0.25) is 0 Å². The van der Waals surface area contributed by atoms with Gasteiger partial charge in [0.25, 0.3) is 0 Å². The lowest BCUT2D eigenvalue weighted by atomic mass is 9.88. The molecule has 1 aliphatic rings. The summed E-state index contributed by atoms with van der Waals surface area (Å²) < 4.78 is 0. The average Bonchev–Trinajstić information content (AvgIpc) is 2.83. The van der Waals surface area contributed by atoms with Crippen molar-refractivity contribution in [1.82, 2.24) is 4.90 Å². The topological polar surface area (TPSA) is 57.6 Å². The first-order chi connectivity index (χ1) is 9.02. The Labute approximate surface area is 113 Å². The summed E-state index contributed by atoms with van der Waals surface area (Å²) in [5, 5.41) is 9.04. The summed E-state index contributed by atoms with van der Waals surface area (Å²) in [7, 11) is 0. The van der Waals surface area contributed by atoms with E-state index in [9.17, 15) is 9.59 Å². The van der Waals surface area contributed by atoms with E-state index >= 15 is 0 Å². The molecule has 1 aromatic carbocycles. The normalized spacial score (nSPS) is 22.8. The molecule has 1 aliphatic heterocycles. The molecule has 0 bridgehead atoms. The van der Waals surface area contributed by atoms with Crippen LogP contribution < -0.4 is 0 Å². The van der Waals surface area contributed by atoms with E-state index in [0.29, 0.717) is 19.0 Å². The van der Waals surface area contributed by atoms with Crippen LogP contribution >= 0.6 is 0 Å². The number of hydrogen-bond donors (Lipinski definition) is 1. The fraction of sp³-hybridized carbons (Fsp3) is 0.467. The van der Waals surface area contributed by atoms with E-state index in [1.54, 1.807) is 0 Å². The smallest absolute Gasteiger partial charge is 0.407 e. The highest BCUT2D eigenvalue weighted by Gasteiger charge is 2.36. The molecular formula is C15H19NO3. The van der Waals surface area contributed by atoms with Crippen molar-refractivity contribution in [1.29, 1.82) is 0 Å². The van der Waals surface area contributed by atoms with Crippen molar-refractivity contribution in [3.63, 3.8) is 0 Å². The van der Waals surface area contributed by atoms with Gasteiger partial charge >= 0.3 is 6.09 Å². The molecule has 2 atom stereocenters. The van der Waals surface area contributed by atoms with Gasteiger partial charge in [-0.05, 0) is 17.0 Å². The number of likely N-dealkylation sites (tertiary alicyclic amines) is 1. The van der Waals surface area contributed by atoms with Gasteiger partial charge in [-0.1, -0.05) is 38.1 Å². The second kappa shape index (κ2) is 5.43. The third-order valence-corrected chi connectivity index (χ3v) is 3.82. The van der Waals surface area contributed by atoms with Crippen LogP contribution in [0.15, 0.2) is 24.3 Å². The number of benzene rings is 1. The van der Waals surface area contributed by atoms with E-state index < -0.39 is 6.09 Å². The van der Waals surface area contributed by atoms with E-state index in [0.717, 1.165) is 11.8 Å². The number of aldehydes is 1. The van der Waals surface area contributed by atoms with Gasteiger partial charge < -0.3 is 14.8 Å². The summed E-state index contributed by atoms with van der Waals surface area (Å²) in [6.45, 7) is 4.94. The number of nitrogens with zero attached hydrogens (tertiary/aromatic N) is 1. The maximum atomic E-state index is 11.2. The molecule has 1 aromatic rings. The standard InChI is InChI=1S/C15H19NO3/c1-10(2)11-4-3-5-12(6-11)14-8-16(15(18)19)7-13(14)9-17/h3-6,9-10,13-14H,7-8H2,1-2H3,(H,18,19)/t13-,14+/m1/s1. The summed E-state index contributed by atoms with van der Waals surface area (Å²) in [6, 6.07) is 8.12. The third-order valence-electron chi connectivity index (χ3n) is 3.82. The highest BCUT2D eigenvalue weighted by Crippen LogP contribution is 2.32. The molecule has 1 amide bonds. The molecule has 102 valence electrons. The fourth-order valence-corrected chi connectivity index (χ4v) is 2.62. The zero-order valence-electron chi connectivity index (χ0n) is 11.2. The molecule has 0 saturated carbocycles. The lowest BCUT2D eigenvalue weighted by molar-refractivity contribution is -0.111. The average molecular weight is 261 g/mol. The molecule has 4 heteroatoms. The summed E-state index contributed by atoms with van der Waals surface area (Å²) in [5.41, 5.74) is 2.28. The van der Waals surface area contributed by atoms with Crippen molar-refractivity contribution in [2.45, 2.75) is 25.7 Å². The number of amides is 1. The number of rotatable bonds is 3. The van der Waals surface area contributed by atoms with Crippen LogP contribution in [0.4, 0.5) is 4.79 Å². The highest BCUT2D eigenvalue weighted by molar-refractivity contribution is 5.68. The Morgan fingerprint density at radius 1 is 1.42 bits per heavy atom. The largest absolute Gasteiger partial charge is 0.465 e. The Morgan fingerprint density at radius 3 is 2.74 bits per heavy atom. The van der Waals surface area contributed by atoms with Crippen LogP contribution in [0.2, 0.25) is 0 Å². The maximum absolute atomic E-state index is 11.2. The molecule has 1 N–H and O–H groups in total. The Hall–Kier alpha value is -1.84. The van der Waals surface area contributed by atoms with Gasteiger partial charge in [0.05, 0.1) is 0 Å². The van der Waals surface area contributed by atoms with Crippen LogP contribution in [0.3, 0.4) is 0 Å². The van der Waals surface area contributed by atoms with Crippen molar-refractivity contribution in [3.05, 3.63) is 35.4 Å². The maximum Gasteiger partial charge on any atom is 0.407 e. The van der Waals surface area contributed by atoms with Crippen LogP contribution in [0.1, 0.15) is 36.8 Å². The van der Waals surface area contributed by atoms with Gasteiger partial charge in [-0.3, -0.25) is 0 Å². The molecule has 0 unspecified atom stereocenters. The van der Waals surface area contributed by atoms with Gasteiger partial charge in [-0.25, -0.2) is 4.79 Å². The second-order valence-electron chi connectivity index (χ2n) is 5.42. The molecular weight excluding hydrogens is 242 g/mol. The van der Waals surface area contributed by atoms with Crippen LogP contribution in [-0.4, -0.2) is 35.5 Å². The Morgan fingerprint density at radius 2 is 2.16 bits per heavy atom. The minimum atomic E-state index is -0.950. The molecule has 2 rings (SSSR count). The van der Waals surface area contributed by atoms with Gasteiger partial charge in [0.1, 0.15) is 6.29 Å². The van der Waals surface area contributed by atoms with Crippen LogP contribution in [-0.2, 0) is 4.79 Å². The van der Waals surface area contributed by atoms with Crippen molar-refractivity contribution in [3.8, 4) is 0 Å². The Balaban J connectivity index is 2.27. The Bertz CT molecular complexity index is 484. The van der Waals surface area contributed by atoms with Gasteiger partial charge in [-0.2, -0.15) is 0 Å². The monoisotopic (exact) mass is 261 g/mol. The van der Waals surface area contributed by atoms with Gasteiger partial charge in [-0.15, -0.1) is 0 Å². The van der Waals surface area contributed by atoms with Crippen molar-refractivity contribution in [2.24, 2.45) is 5.92 Å². The number of carbonyl (C=O) groups is 2. The van der Waals surface area contributed by atoms with Gasteiger partial charge in [0.15, 0.2) is 0 Å². The van der Waals surface area contributed by atoms with Crippen molar-refractivity contribution < 1.29 is 14.7 Å². The third kappa shape index (κ3) is 2.78. The molecule has 1 fully saturated rings. The zero-order valence-corrected chi connectivity index (χ0v) is 11.2.